The van der Waals surface area contributed by atoms with E-state index in [0.29, 0.717) is 5.95 Å². The number of fused-ring (bicyclic) bond motifs is 15. The van der Waals surface area contributed by atoms with Gasteiger partial charge in [-0.1, -0.05) is 146 Å². The van der Waals surface area contributed by atoms with Crippen LogP contribution in [0.15, 0.2) is 186 Å². The third-order valence-electron chi connectivity index (χ3n) is 11.9. The van der Waals surface area contributed by atoms with E-state index in [0.717, 1.165) is 104 Å². The van der Waals surface area contributed by atoms with Gasteiger partial charge < -0.3 is 8.98 Å². The molecule has 5 heteroatoms. The summed E-state index contributed by atoms with van der Waals surface area (Å²) in [5.41, 5.74) is 9.96. The van der Waals surface area contributed by atoms with E-state index in [2.05, 4.69) is 185 Å². The van der Waals surface area contributed by atoms with Crippen LogP contribution in [0.3, 0.4) is 0 Å². The van der Waals surface area contributed by atoms with Crippen LogP contribution in [-0.4, -0.2) is 19.1 Å². The van der Waals surface area contributed by atoms with E-state index in [9.17, 15) is 0 Å². The standard InChI is InChI=1S/C52H30N4O/c1-2-15-33(16-3-1)48-46-35-19-7-5-14-32(35)25-29-41(46)53-52(54-48)56-43-22-10-8-20-36(43)38-26-27-40-47-44(30-28-39-37-21-9-11-24-45(37)57-51(39)47)55(50(40)49(38)56)42-23-12-17-31-13-4-6-18-34(31)42/h1-30H. The summed E-state index contributed by atoms with van der Waals surface area (Å²) >= 11 is 0. The Morgan fingerprint density at radius 1 is 0.386 bits per heavy atom. The first-order chi connectivity index (χ1) is 28.3. The molecule has 0 fully saturated rings. The van der Waals surface area contributed by atoms with Gasteiger partial charge in [-0.25, -0.2) is 9.97 Å². The van der Waals surface area contributed by atoms with E-state index in [1.807, 2.05) is 6.07 Å². The fourth-order valence-corrected chi connectivity index (χ4v) is 9.47. The lowest BCUT2D eigenvalue weighted by atomic mass is 10.0. The van der Waals surface area contributed by atoms with Crippen molar-refractivity contribution < 1.29 is 4.42 Å². The molecule has 0 saturated heterocycles. The van der Waals surface area contributed by atoms with Gasteiger partial charge in [-0.05, 0) is 52.6 Å². The van der Waals surface area contributed by atoms with E-state index in [1.54, 1.807) is 0 Å². The fraction of sp³-hybridized carbons (Fsp3) is 0. The molecular formula is C52H30N4O. The van der Waals surface area contributed by atoms with Crippen LogP contribution in [0.2, 0.25) is 0 Å². The van der Waals surface area contributed by atoms with Gasteiger partial charge in [-0.15, -0.1) is 0 Å². The predicted molar refractivity (Wildman–Crippen MR) is 236 cm³/mol. The minimum absolute atomic E-state index is 0.624. The molecule has 9 aromatic carbocycles. The molecule has 13 rings (SSSR count). The van der Waals surface area contributed by atoms with Gasteiger partial charge in [0.15, 0.2) is 0 Å². The third-order valence-corrected chi connectivity index (χ3v) is 11.9. The van der Waals surface area contributed by atoms with Gasteiger partial charge in [0, 0.05) is 43.3 Å². The molecule has 0 aliphatic rings. The average Bonchev–Trinajstić information content (AvgIpc) is 3.94. The number of rotatable bonds is 3. The Hall–Kier alpha value is -7.76. The lowest BCUT2D eigenvalue weighted by Gasteiger charge is -2.15. The zero-order valence-electron chi connectivity index (χ0n) is 30.5. The second-order valence-corrected chi connectivity index (χ2v) is 14.9. The van der Waals surface area contributed by atoms with Crippen LogP contribution in [0, 0.1) is 0 Å². The summed E-state index contributed by atoms with van der Waals surface area (Å²) in [5.74, 6) is 0.624. The first kappa shape index (κ1) is 30.6. The minimum atomic E-state index is 0.624. The number of nitrogens with zero attached hydrogens (tertiary/aromatic N) is 4. The van der Waals surface area contributed by atoms with Crippen molar-refractivity contribution in [1.29, 1.82) is 0 Å². The van der Waals surface area contributed by atoms with Crippen LogP contribution in [-0.2, 0) is 0 Å². The van der Waals surface area contributed by atoms with E-state index in [-0.39, 0.29) is 0 Å². The molecule has 4 aromatic heterocycles. The van der Waals surface area contributed by atoms with E-state index in [1.165, 1.54) is 10.8 Å². The monoisotopic (exact) mass is 726 g/mol. The molecule has 0 bridgehead atoms. The summed E-state index contributed by atoms with van der Waals surface area (Å²) < 4.78 is 11.5. The summed E-state index contributed by atoms with van der Waals surface area (Å²) in [6, 6.07) is 64.6. The predicted octanol–water partition coefficient (Wildman–Crippen LogP) is 13.7. The Morgan fingerprint density at radius 3 is 1.93 bits per heavy atom. The maximum absolute atomic E-state index is 6.80. The van der Waals surface area contributed by atoms with Crippen molar-refractivity contribution in [2.45, 2.75) is 0 Å². The van der Waals surface area contributed by atoms with Gasteiger partial charge in [0.25, 0.3) is 0 Å². The van der Waals surface area contributed by atoms with Crippen molar-refractivity contribution in [2.24, 2.45) is 0 Å². The number of furan rings is 1. The summed E-state index contributed by atoms with van der Waals surface area (Å²) in [4.78, 5) is 11.1. The number of para-hydroxylation sites is 2. The molecule has 4 heterocycles. The zero-order chi connectivity index (χ0) is 37.2. The summed E-state index contributed by atoms with van der Waals surface area (Å²) in [6.07, 6.45) is 0. The maximum Gasteiger partial charge on any atom is 0.235 e. The molecule has 0 spiro atoms. The molecule has 0 N–H and O–H groups in total. The summed E-state index contributed by atoms with van der Waals surface area (Å²) in [6.45, 7) is 0. The van der Waals surface area contributed by atoms with Crippen molar-refractivity contribution in [2.75, 3.05) is 0 Å². The molecular weight excluding hydrogens is 697 g/mol. The number of benzene rings is 9. The minimum Gasteiger partial charge on any atom is -0.455 e. The van der Waals surface area contributed by atoms with Crippen molar-refractivity contribution >= 4 is 98.0 Å². The van der Waals surface area contributed by atoms with Gasteiger partial charge in [-0.2, -0.15) is 0 Å². The smallest absolute Gasteiger partial charge is 0.235 e. The van der Waals surface area contributed by atoms with Crippen LogP contribution in [0.25, 0.3) is 121 Å². The summed E-state index contributed by atoms with van der Waals surface area (Å²) in [5, 5.41) is 12.4. The SMILES string of the molecule is c1ccc(-c2nc(-n3c4ccccc4c4ccc5c6c7oc8ccccc8c7ccc6n(-c6cccc7ccccc67)c5c43)nc3ccc4ccccc4c23)cc1. The van der Waals surface area contributed by atoms with Crippen molar-refractivity contribution in [3.63, 3.8) is 0 Å². The highest BCUT2D eigenvalue weighted by molar-refractivity contribution is 6.30. The highest BCUT2D eigenvalue weighted by atomic mass is 16.3. The van der Waals surface area contributed by atoms with Crippen LogP contribution >= 0.6 is 0 Å². The van der Waals surface area contributed by atoms with Gasteiger partial charge in [-0.3, -0.25) is 4.57 Å². The first-order valence-electron chi connectivity index (χ1n) is 19.3. The Kier molecular flexibility index (Phi) is 6.10. The Balaban J connectivity index is 1.26. The molecule has 0 atom stereocenters. The topological polar surface area (TPSA) is 48.8 Å². The zero-order valence-corrected chi connectivity index (χ0v) is 30.5. The van der Waals surface area contributed by atoms with E-state index in [4.69, 9.17) is 14.4 Å². The molecule has 264 valence electrons. The van der Waals surface area contributed by atoms with Crippen molar-refractivity contribution in [3.05, 3.63) is 182 Å². The first-order valence-corrected chi connectivity index (χ1v) is 19.3. The number of hydrogen-bond donors (Lipinski definition) is 0. The second-order valence-electron chi connectivity index (χ2n) is 14.9. The molecule has 0 amide bonds. The van der Waals surface area contributed by atoms with Gasteiger partial charge in [0.05, 0.1) is 44.4 Å². The van der Waals surface area contributed by atoms with Crippen LogP contribution < -0.4 is 0 Å². The van der Waals surface area contributed by atoms with Gasteiger partial charge in [0.1, 0.15) is 11.2 Å². The van der Waals surface area contributed by atoms with Crippen LogP contribution in [0.1, 0.15) is 0 Å². The van der Waals surface area contributed by atoms with E-state index < -0.39 is 0 Å². The quantitative estimate of drug-likeness (QED) is 0.170. The largest absolute Gasteiger partial charge is 0.455 e. The molecule has 13 aromatic rings. The third kappa shape index (κ3) is 4.17. The Morgan fingerprint density at radius 2 is 1.05 bits per heavy atom. The second kappa shape index (κ2) is 11.4. The Labute approximate surface area is 325 Å². The molecule has 0 saturated carbocycles. The molecule has 0 unspecified atom stereocenters. The van der Waals surface area contributed by atoms with Crippen LogP contribution in [0.4, 0.5) is 0 Å². The number of hydrogen-bond acceptors (Lipinski definition) is 3. The molecule has 5 nitrogen and oxygen atoms in total. The fourth-order valence-electron chi connectivity index (χ4n) is 9.47. The van der Waals surface area contributed by atoms with Gasteiger partial charge in [0.2, 0.25) is 5.95 Å². The Bertz CT molecular complexity index is 3810. The highest BCUT2D eigenvalue weighted by Crippen LogP contribution is 2.46. The maximum atomic E-state index is 6.80. The lowest BCUT2D eigenvalue weighted by Crippen LogP contribution is -2.05. The molecule has 0 aliphatic heterocycles. The average molecular weight is 727 g/mol. The molecule has 0 radical (unpaired) electrons. The van der Waals surface area contributed by atoms with Crippen molar-refractivity contribution in [1.82, 2.24) is 19.1 Å². The van der Waals surface area contributed by atoms with Gasteiger partial charge >= 0.3 is 0 Å². The van der Waals surface area contributed by atoms with Crippen molar-refractivity contribution in [3.8, 4) is 22.9 Å². The highest BCUT2D eigenvalue weighted by Gasteiger charge is 2.26. The lowest BCUT2D eigenvalue weighted by molar-refractivity contribution is 0.673. The van der Waals surface area contributed by atoms with Crippen LogP contribution in [0.5, 0.6) is 0 Å². The number of aromatic nitrogens is 4. The van der Waals surface area contributed by atoms with E-state index >= 15 is 0 Å². The molecule has 57 heavy (non-hydrogen) atoms. The molecule has 0 aliphatic carbocycles. The normalized spacial score (nSPS) is 12.2. The summed E-state index contributed by atoms with van der Waals surface area (Å²) in [7, 11) is 0.